The van der Waals surface area contributed by atoms with E-state index in [1.165, 1.54) is 0 Å². The minimum absolute atomic E-state index is 0.0996. The summed E-state index contributed by atoms with van der Waals surface area (Å²) in [5.41, 5.74) is 1.19. The zero-order chi connectivity index (χ0) is 18.2. The number of halogens is 1. The van der Waals surface area contributed by atoms with E-state index >= 15 is 0 Å². The molecule has 1 amide bonds. The summed E-state index contributed by atoms with van der Waals surface area (Å²) in [4.78, 5) is 20.3. The van der Waals surface area contributed by atoms with E-state index in [2.05, 4.69) is 16.9 Å². The Kier molecular flexibility index (Phi) is 4.98. The molecule has 136 valence electrons. The number of carbonyl (C=O) groups is 1. The summed E-state index contributed by atoms with van der Waals surface area (Å²) in [6.07, 6.45) is 3.38. The summed E-state index contributed by atoms with van der Waals surface area (Å²) in [6, 6.07) is 5.82. The SMILES string of the molecule is CN1CCC(N(C(=O)OC(C)(C)C)c2cc(Cl)cc3[nH]ccc23)CC1. The molecule has 25 heavy (non-hydrogen) atoms. The summed E-state index contributed by atoms with van der Waals surface area (Å²) >= 11 is 6.32. The number of hydrogen-bond acceptors (Lipinski definition) is 3. The number of likely N-dealkylation sites (tertiary alicyclic amines) is 1. The standard InChI is InChI=1S/C19H26ClN3O2/c1-19(2,3)25-18(24)23(14-6-9-22(4)10-7-14)17-12-13(20)11-16-15(17)5-8-21-16/h5,8,11-12,14,21H,6-7,9-10H2,1-4H3. The van der Waals surface area contributed by atoms with Crippen molar-refractivity contribution in [2.45, 2.75) is 45.3 Å². The molecule has 1 aliphatic heterocycles. The third kappa shape index (κ3) is 4.10. The average molecular weight is 364 g/mol. The van der Waals surface area contributed by atoms with Crippen molar-refractivity contribution in [3.8, 4) is 0 Å². The van der Waals surface area contributed by atoms with Gasteiger partial charge in [0, 0.05) is 28.2 Å². The zero-order valence-corrected chi connectivity index (χ0v) is 16.1. The largest absolute Gasteiger partial charge is 0.443 e. The molecule has 0 aliphatic carbocycles. The van der Waals surface area contributed by atoms with Gasteiger partial charge in [-0.1, -0.05) is 11.6 Å². The van der Waals surface area contributed by atoms with E-state index in [0.717, 1.165) is 42.5 Å². The molecule has 6 heteroatoms. The van der Waals surface area contributed by atoms with Crippen molar-refractivity contribution >= 4 is 34.3 Å². The molecule has 1 aromatic carbocycles. The first-order valence-corrected chi connectivity index (χ1v) is 9.10. The van der Waals surface area contributed by atoms with E-state index < -0.39 is 5.60 Å². The number of carbonyl (C=O) groups excluding carboxylic acids is 1. The van der Waals surface area contributed by atoms with Crippen molar-refractivity contribution in [1.82, 2.24) is 9.88 Å². The molecule has 1 N–H and O–H groups in total. The van der Waals surface area contributed by atoms with Gasteiger partial charge in [0.2, 0.25) is 0 Å². The van der Waals surface area contributed by atoms with E-state index in [4.69, 9.17) is 16.3 Å². The predicted octanol–water partition coefficient (Wildman–Crippen LogP) is 4.66. The number of aromatic nitrogens is 1. The summed E-state index contributed by atoms with van der Waals surface area (Å²) in [5.74, 6) is 0. The summed E-state index contributed by atoms with van der Waals surface area (Å²) < 4.78 is 5.72. The summed E-state index contributed by atoms with van der Waals surface area (Å²) in [7, 11) is 2.11. The molecule has 1 fully saturated rings. The predicted molar refractivity (Wildman–Crippen MR) is 103 cm³/mol. The Hall–Kier alpha value is -1.72. The van der Waals surface area contributed by atoms with Crippen LogP contribution in [0.15, 0.2) is 24.4 Å². The fraction of sp³-hybridized carbons (Fsp3) is 0.526. The van der Waals surface area contributed by atoms with E-state index in [1.54, 1.807) is 4.90 Å². The van der Waals surface area contributed by atoms with Gasteiger partial charge in [-0.2, -0.15) is 0 Å². The van der Waals surface area contributed by atoms with Crippen LogP contribution in [0.3, 0.4) is 0 Å². The second-order valence-electron chi connectivity index (χ2n) is 7.75. The van der Waals surface area contributed by atoms with Gasteiger partial charge in [0.15, 0.2) is 0 Å². The van der Waals surface area contributed by atoms with Crippen LogP contribution in [0.1, 0.15) is 33.6 Å². The first-order chi connectivity index (χ1) is 11.7. The number of hydrogen-bond donors (Lipinski definition) is 1. The first-order valence-electron chi connectivity index (χ1n) is 8.72. The van der Waals surface area contributed by atoms with Gasteiger partial charge in [0.05, 0.1) is 5.69 Å². The average Bonchev–Trinajstić information content (AvgIpc) is 2.95. The maximum absolute atomic E-state index is 13.1. The lowest BCUT2D eigenvalue weighted by Crippen LogP contribution is -2.48. The third-order valence-electron chi connectivity index (χ3n) is 4.51. The highest BCUT2D eigenvalue weighted by atomic mass is 35.5. The van der Waals surface area contributed by atoms with Crippen molar-refractivity contribution in [2.24, 2.45) is 0 Å². The molecule has 0 unspecified atom stereocenters. The Balaban J connectivity index is 2.03. The van der Waals surface area contributed by atoms with Crippen LogP contribution in [0, 0.1) is 0 Å². The van der Waals surface area contributed by atoms with Crippen molar-refractivity contribution in [2.75, 3.05) is 25.0 Å². The molecule has 0 bridgehead atoms. The van der Waals surface area contributed by atoms with Crippen LogP contribution in [0.5, 0.6) is 0 Å². The topological polar surface area (TPSA) is 48.6 Å². The molecule has 3 rings (SSSR count). The highest BCUT2D eigenvalue weighted by molar-refractivity contribution is 6.32. The zero-order valence-electron chi connectivity index (χ0n) is 15.3. The number of aromatic amines is 1. The van der Waals surface area contributed by atoms with Crippen LogP contribution in [0.4, 0.5) is 10.5 Å². The number of ether oxygens (including phenoxy) is 1. The van der Waals surface area contributed by atoms with Gasteiger partial charge in [-0.25, -0.2) is 4.79 Å². The molecule has 2 heterocycles. The Morgan fingerprint density at radius 1 is 1.32 bits per heavy atom. The number of fused-ring (bicyclic) bond motifs is 1. The highest BCUT2D eigenvalue weighted by Crippen LogP contribution is 2.34. The van der Waals surface area contributed by atoms with Crippen molar-refractivity contribution in [1.29, 1.82) is 0 Å². The minimum Gasteiger partial charge on any atom is -0.443 e. The van der Waals surface area contributed by atoms with Crippen LogP contribution in [-0.4, -0.2) is 47.8 Å². The molecule has 1 aromatic heterocycles. The maximum atomic E-state index is 13.1. The smallest absolute Gasteiger partial charge is 0.415 e. The normalized spacial score (nSPS) is 17.0. The van der Waals surface area contributed by atoms with Gasteiger partial charge < -0.3 is 14.6 Å². The Morgan fingerprint density at radius 2 is 2.00 bits per heavy atom. The number of nitrogens with one attached hydrogen (secondary N) is 1. The third-order valence-corrected chi connectivity index (χ3v) is 4.73. The molecule has 0 radical (unpaired) electrons. The Bertz CT molecular complexity index is 758. The number of benzene rings is 1. The first kappa shape index (κ1) is 18.1. The molecular formula is C19H26ClN3O2. The van der Waals surface area contributed by atoms with Gasteiger partial charge in [0.1, 0.15) is 5.60 Å². The van der Waals surface area contributed by atoms with Crippen LogP contribution in [0.2, 0.25) is 5.02 Å². The van der Waals surface area contributed by atoms with Gasteiger partial charge in [0.25, 0.3) is 0 Å². The fourth-order valence-electron chi connectivity index (χ4n) is 3.32. The van der Waals surface area contributed by atoms with Crippen LogP contribution >= 0.6 is 11.6 Å². The number of nitrogens with zero attached hydrogens (tertiary/aromatic N) is 2. The van der Waals surface area contributed by atoms with Crippen LogP contribution < -0.4 is 4.90 Å². The highest BCUT2D eigenvalue weighted by Gasteiger charge is 2.33. The van der Waals surface area contributed by atoms with Gasteiger partial charge in [-0.3, -0.25) is 4.90 Å². The van der Waals surface area contributed by atoms with Crippen LogP contribution in [-0.2, 0) is 4.74 Å². The Morgan fingerprint density at radius 3 is 2.64 bits per heavy atom. The lowest BCUT2D eigenvalue weighted by Gasteiger charge is -2.38. The minimum atomic E-state index is -0.545. The molecule has 0 saturated carbocycles. The molecular weight excluding hydrogens is 338 g/mol. The number of piperidine rings is 1. The second-order valence-corrected chi connectivity index (χ2v) is 8.19. The van der Waals surface area contributed by atoms with Crippen LogP contribution in [0.25, 0.3) is 10.9 Å². The van der Waals surface area contributed by atoms with E-state index in [-0.39, 0.29) is 12.1 Å². The quantitative estimate of drug-likeness (QED) is 0.844. The molecule has 5 nitrogen and oxygen atoms in total. The number of H-pyrrole nitrogens is 1. The van der Waals surface area contributed by atoms with Gasteiger partial charge in [-0.15, -0.1) is 0 Å². The lowest BCUT2D eigenvalue weighted by atomic mass is 10.0. The number of amides is 1. The van der Waals surface area contributed by atoms with E-state index in [9.17, 15) is 4.79 Å². The van der Waals surface area contributed by atoms with Gasteiger partial charge >= 0.3 is 6.09 Å². The molecule has 0 atom stereocenters. The summed E-state index contributed by atoms with van der Waals surface area (Å²) in [6.45, 7) is 7.59. The van der Waals surface area contributed by atoms with E-state index in [1.807, 2.05) is 45.2 Å². The van der Waals surface area contributed by atoms with Crippen molar-refractivity contribution in [3.63, 3.8) is 0 Å². The second kappa shape index (κ2) is 6.89. The lowest BCUT2D eigenvalue weighted by molar-refractivity contribution is 0.0552. The Labute approximate surface area is 153 Å². The number of anilines is 1. The maximum Gasteiger partial charge on any atom is 0.415 e. The van der Waals surface area contributed by atoms with Crippen molar-refractivity contribution in [3.05, 3.63) is 29.4 Å². The van der Waals surface area contributed by atoms with Crippen molar-refractivity contribution < 1.29 is 9.53 Å². The van der Waals surface area contributed by atoms with E-state index in [0.29, 0.717) is 5.02 Å². The summed E-state index contributed by atoms with van der Waals surface area (Å²) in [5, 5.41) is 1.58. The monoisotopic (exact) mass is 363 g/mol. The molecule has 0 spiro atoms. The fourth-order valence-corrected chi connectivity index (χ4v) is 3.53. The molecule has 2 aromatic rings. The van der Waals surface area contributed by atoms with Gasteiger partial charge in [-0.05, 0) is 71.9 Å². The number of rotatable bonds is 2. The molecule has 1 aliphatic rings. The molecule has 1 saturated heterocycles.